The smallest absolute Gasteiger partial charge is 0.257 e. The number of nitrogens with one attached hydrogen (secondary N) is 1. The van der Waals surface area contributed by atoms with Crippen molar-refractivity contribution in [2.75, 3.05) is 26.7 Å². The third kappa shape index (κ3) is 3.89. The van der Waals surface area contributed by atoms with E-state index in [0.29, 0.717) is 5.89 Å². The lowest BCUT2D eigenvalue weighted by Crippen LogP contribution is -2.34. The SMILES string of the molecule is CN(Cc1noc(-c2ccccc2)n1)CC1CCNCC1. The zero-order valence-corrected chi connectivity index (χ0v) is 12.5. The molecule has 112 valence electrons. The van der Waals surface area contributed by atoms with Crippen molar-refractivity contribution in [3.63, 3.8) is 0 Å². The first-order chi connectivity index (χ1) is 10.3. The predicted octanol–water partition coefficient (Wildman–Crippen LogP) is 2.17. The quantitative estimate of drug-likeness (QED) is 0.913. The van der Waals surface area contributed by atoms with Crippen LogP contribution in [0.4, 0.5) is 0 Å². The van der Waals surface area contributed by atoms with Crippen LogP contribution in [0.1, 0.15) is 18.7 Å². The van der Waals surface area contributed by atoms with Crippen LogP contribution in [-0.4, -0.2) is 41.7 Å². The lowest BCUT2D eigenvalue weighted by molar-refractivity contribution is 0.228. The highest BCUT2D eigenvalue weighted by Crippen LogP contribution is 2.17. The topological polar surface area (TPSA) is 54.2 Å². The molecule has 1 N–H and O–H groups in total. The average molecular weight is 286 g/mol. The third-order valence-corrected chi connectivity index (χ3v) is 3.93. The summed E-state index contributed by atoms with van der Waals surface area (Å²) < 4.78 is 5.34. The van der Waals surface area contributed by atoms with Crippen LogP contribution >= 0.6 is 0 Å². The molecule has 1 fully saturated rings. The molecule has 0 aliphatic carbocycles. The van der Waals surface area contributed by atoms with E-state index in [2.05, 4.69) is 27.4 Å². The van der Waals surface area contributed by atoms with E-state index in [4.69, 9.17) is 4.52 Å². The van der Waals surface area contributed by atoms with Gasteiger partial charge in [0.1, 0.15) is 0 Å². The third-order valence-electron chi connectivity index (χ3n) is 3.93. The maximum Gasteiger partial charge on any atom is 0.257 e. The summed E-state index contributed by atoms with van der Waals surface area (Å²) in [5.74, 6) is 2.13. The first-order valence-electron chi connectivity index (χ1n) is 7.58. The Kier molecular flexibility index (Phi) is 4.62. The maximum atomic E-state index is 5.34. The highest BCUT2D eigenvalue weighted by Gasteiger charge is 2.16. The monoisotopic (exact) mass is 286 g/mol. The maximum absolute atomic E-state index is 5.34. The molecule has 0 atom stereocenters. The fraction of sp³-hybridized carbons (Fsp3) is 0.500. The van der Waals surface area contributed by atoms with Crippen LogP contribution in [-0.2, 0) is 6.54 Å². The summed E-state index contributed by atoms with van der Waals surface area (Å²) in [6.07, 6.45) is 2.51. The molecular weight excluding hydrogens is 264 g/mol. The first-order valence-corrected chi connectivity index (χ1v) is 7.58. The van der Waals surface area contributed by atoms with Crippen molar-refractivity contribution in [3.05, 3.63) is 36.2 Å². The van der Waals surface area contributed by atoms with Gasteiger partial charge in [0, 0.05) is 12.1 Å². The van der Waals surface area contributed by atoms with Gasteiger partial charge in [-0.1, -0.05) is 23.4 Å². The van der Waals surface area contributed by atoms with Gasteiger partial charge in [0.05, 0.1) is 6.54 Å². The molecule has 2 aromatic rings. The molecule has 0 spiro atoms. The van der Waals surface area contributed by atoms with Gasteiger partial charge in [-0.2, -0.15) is 4.98 Å². The summed E-state index contributed by atoms with van der Waals surface area (Å²) in [6.45, 7) is 4.11. The van der Waals surface area contributed by atoms with Crippen molar-refractivity contribution < 1.29 is 4.52 Å². The first kappa shape index (κ1) is 14.2. The summed E-state index contributed by atoms with van der Waals surface area (Å²) >= 11 is 0. The molecule has 0 unspecified atom stereocenters. The van der Waals surface area contributed by atoms with Gasteiger partial charge in [-0.3, -0.25) is 4.90 Å². The second-order valence-electron chi connectivity index (χ2n) is 5.77. The van der Waals surface area contributed by atoms with Crippen LogP contribution in [0, 0.1) is 5.92 Å². The number of rotatable bonds is 5. The van der Waals surface area contributed by atoms with Crippen molar-refractivity contribution in [1.29, 1.82) is 0 Å². The van der Waals surface area contributed by atoms with E-state index in [0.717, 1.165) is 43.5 Å². The molecule has 1 aliphatic rings. The lowest BCUT2D eigenvalue weighted by atomic mass is 9.98. The Hall–Kier alpha value is -1.72. The molecule has 5 nitrogen and oxygen atoms in total. The van der Waals surface area contributed by atoms with Gasteiger partial charge in [0.2, 0.25) is 0 Å². The van der Waals surface area contributed by atoms with Crippen LogP contribution in [0.15, 0.2) is 34.9 Å². The molecule has 0 saturated carbocycles. The molecule has 0 amide bonds. The zero-order valence-electron chi connectivity index (χ0n) is 12.5. The summed E-state index contributed by atoms with van der Waals surface area (Å²) in [5.41, 5.74) is 0.970. The number of benzene rings is 1. The van der Waals surface area contributed by atoms with E-state index in [-0.39, 0.29) is 0 Å². The molecule has 2 heterocycles. The van der Waals surface area contributed by atoms with Crippen LogP contribution in [0.5, 0.6) is 0 Å². The van der Waals surface area contributed by atoms with Gasteiger partial charge in [-0.25, -0.2) is 0 Å². The lowest BCUT2D eigenvalue weighted by Gasteiger charge is -2.26. The van der Waals surface area contributed by atoms with Crippen molar-refractivity contribution in [1.82, 2.24) is 20.4 Å². The molecule has 1 aromatic carbocycles. The Morgan fingerprint density at radius 3 is 2.76 bits per heavy atom. The predicted molar refractivity (Wildman–Crippen MR) is 81.7 cm³/mol. The van der Waals surface area contributed by atoms with E-state index >= 15 is 0 Å². The number of hydrogen-bond acceptors (Lipinski definition) is 5. The van der Waals surface area contributed by atoms with E-state index in [9.17, 15) is 0 Å². The van der Waals surface area contributed by atoms with E-state index in [1.54, 1.807) is 0 Å². The Morgan fingerprint density at radius 2 is 2.00 bits per heavy atom. The number of nitrogens with zero attached hydrogens (tertiary/aromatic N) is 3. The fourth-order valence-corrected chi connectivity index (χ4v) is 2.83. The van der Waals surface area contributed by atoms with Gasteiger partial charge in [-0.15, -0.1) is 0 Å². The molecule has 5 heteroatoms. The number of piperidine rings is 1. The Balaban J connectivity index is 1.56. The molecule has 1 aliphatic heterocycles. The highest BCUT2D eigenvalue weighted by atomic mass is 16.5. The van der Waals surface area contributed by atoms with Crippen molar-refractivity contribution in [3.8, 4) is 11.5 Å². The second-order valence-corrected chi connectivity index (χ2v) is 5.77. The molecule has 21 heavy (non-hydrogen) atoms. The highest BCUT2D eigenvalue weighted by molar-refractivity contribution is 5.51. The molecular formula is C16H22N4O. The molecule has 3 rings (SSSR count). The van der Waals surface area contributed by atoms with Gasteiger partial charge < -0.3 is 9.84 Å². The molecule has 0 bridgehead atoms. The summed E-state index contributed by atoms with van der Waals surface area (Å²) in [6, 6.07) is 9.89. The van der Waals surface area contributed by atoms with Gasteiger partial charge in [-0.05, 0) is 51.0 Å². The van der Waals surface area contributed by atoms with Gasteiger partial charge in [0.15, 0.2) is 5.82 Å². The van der Waals surface area contributed by atoms with Crippen LogP contribution in [0.3, 0.4) is 0 Å². The Bertz CT molecular complexity index is 548. The average Bonchev–Trinajstić information content (AvgIpc) is 2.97. The molecule has 0 radical (unpaired) electrons. The zero-order chi connectivity index (χ0) is 14.5. The van der Waals surface area contributed by atoms with Gasteiger partial charge in [0.25, 0.3) is 5.89 Å². The minimum Gasteiger partial charge on any atom is -0.334 e. The summed E-state index contributed by atoms with van der Waals surface area (Å²) in [7, 11) is 2.13. The standard InChI is InChI=1S/C16H22N4O/c1-20(11-13-7-9-17-10-8-13)12-15-18-16(21-19-15)14-5-3-2-4-6-14/h2-6,13,17H,7-12H2,1H3. The summed E-state index contributed by atoms with van der Waals surface area (Å²) in [4.78, 5) is 6.77. The van der Waals surface area contributed by atoms with E-state index < -0.39 is 0 Å². The van der Waals surface area contributed by atoms with Crippen molar-refractivity contribution in [2.24, 2.45) is 5.92 Å². The Labute approximate surface area is 125 Å². The summed E-state index contributed by atoms with van der Waals surface area (Å²) in [5, 5.41) is 7.49. The van der Waals surface area contributed by atoms with Crippen molar-refractivity contribution >= 4 is 0 Å². The fourth-order valence-electron chi connectivity index (χ4n) is 2.83. The van der Waals surface area contributed by atoms with Crippen molar-refractivity contribution in [2.45, 2.75) is 19.4 Å². The minimum absolute atomic E-state index is 0.598. The number of hydrogen-bond donors (Lipinski definition) is 1. The molecule has 1 aromatic heterocycles. The normalized spacial score (nSPS) is 16.5. The van der Waals surface area contributed by atoms with E-state index in [1.807, 2.05) is 30.3 Å². The minimum atomic E-state index is 0.598. The number of aromatic nitrogens is 2. The van der Waals surface area contributed by atoms with Crippen LogP contribution in [0.25, 0.3) is 11.5 Å². The largest absolute Gasteiger partial charge is 0.334 e. The van der Waals surface area contributed by atoms with Crippen LogP contribution < -0.4 is 5.32 Å². The van der Waals surface area contributed by atoms with E-state index in [1.165, 1.54) is 12.8 Å². The Morgan fingerprint density at radius 1 is 1.24 bits per heavy atom. The molecule has 1 saturated heterocycles. The second kappa shape index (κ2) is 6.83. The van der Waals surface area contributed by atoms with Gasteiger partial charge >= 0.3 is 0 Å². The van der Waals surface area contributed by atoms with Crippen LogP contribution in [0.2, 0.25) is 0 Å².